The van der Waals surface area contributed by atoms with Gasteiger partial charge in [0.25, 0.3) is 11.8 Å². The van der Waals surface area contributed by atoms with E-state index < -0.39 is 46.9 Å². The maximum absolute atomic E-state index is 13.9. The Balaban J connectivity index is 1.21. The van der Waals surface area contributed by atoms with E-state index in [1.54, 1.807) is 17.5 Å². The lowest BCUT2D eigenvalue weighted by Gasteiger charge is -2.50. The Bertz CT molecular complexity index is 2170. The van der Waals surface area contributed by atoms with E-state index in [-0.39, 0.29) is 64.0 Å². The molecule has 4 amide bonds. The second kappa shape index (κ2) is 16.4. The summed E-state index contributed by atoms with van der Waals surface area (Å²) in [6.07, 6.45) is 6.46. The number of anilines is 2. The molecule has 1 aromatic carbocycles. The summed E-state index contributed by atoms with van der Waals surface area (Å²) in [6, 6.07) is 6.57. The average Bonchev–Trinajstić information content (AvgIpc) is 3.98. The highest BCUT2D eigenvalue weighted by molar-refractivity contribution is 8.00. The molecule has 2 saturated heterocycles. The second-order valence-corrected chi connectivity index (χ2v) is 15.4. The normalized spacial score (nSPS) is 21.2. The number of amides is 4. The van der Waals surface area contributed by atoms with E-state index in [0.717, 1.165) is 41.9 Å². The number of carbonyl (C=O) groups excluding carboxylic acids is 4. The van der Waals surface area contributed by atoms with Gasteiger partial charge in [0.1, 0.15) is 28.9 Å². The molecule has 7 rings (SSSR count). The van der Waals surface area contributed by atoms with Gasteiger partial charge in [-0.3, -0.25) is 29.1 Å². The molecule has 1 saturated carbocycles. The van der Waals surface area contributed by atoms with Crippen LogP contribution in [0.25, 0.3) is 0 Å². The number of hydrogen-bond donors (Lipinski definition) is 6. The van der Waals surface area contributed by atoms with Crippen LogP contribution < -0.4 is 26.4 Å². The van der Waals surface area contributed by atoms with Gasteiger partial charge in [-0.05, 0) is 73.1 Å². The lowest BCUT2D eigenvalue weighted by atomic mass is 9.80. The van der Waals surface area contributed by atoms with Gasteiger partial charge in [0.15, 0.2) is 22.3 Å². The number of pyridine rings is 1. The summed E-state index contributed by atoms with van der Waals surface area (Å²) in [4.78, 5) is 83.1. The van der Waals surface area contributed by atoms with Gasteiger partial charge in [-0.25, -0.2) is 9.78 Å². The van der Waals surface area contributed by atoms with Crippen LogP contribution in [0.4, 0.5) is 10.8 Å². The molecule has 0 bridgehead atoms. The van der Waals surface area contributed by atoms with Crippen LogP contribution in [0.15, 0.2) is 75.7 Å². The molecule has 0 radical (unpaired) electrons. The number of nitrogens with one attached hydrogen (secondary N) is 3. The zero-order valence-electron chi connectivity index (χ0n) is 30.0. The number of phenolic OH excluding ortho intramolecular Hbond substituents is 1. The van der Waals surface area contributed by atoms with E-state index in [0.29, 0.717) is 28.9 Å². The molecule has 2 aromatic heterocycles. The maximum Gasteiger partial charge on any atom is 0.352 e. The third-order valence-corrected chi connectivity index (χ3v) is 11.9. The number of rotatable bonds is 13. The number of carboxylic acid groups (broad SMARTS) is 1. The number of benzene rings is 1. The number of oxime groups is 1. The highest BCUT2D eigenvalue weighted by Gasteiger charge is 2.55. The Kier molecular flexibility index (Phi) is 11.2. The SMILES string of the molecule is COc1cc(NC(=O)CC(C(=C2CCNC2=O)C2=C(C(=O)O)N3C(=O)[C@@H](NC(=O)C(=NOC4CCCC4)c4csc(N)n4)[C@H]3SC2)c2ccncc2)ccc1O. The van der Waals surface area contributed by atoms with Crippen LogP contribution in [0.3, 0.4) is 0 Å². The van der Waals surface area contributed by atoms with E-state index in [4.69, 9.17) is 15.3 Å². The van der Waals surface area contributed by atoms with E-state index >= 15 is 0 Å². The highest BCUT2D eigenvalue weighted by Crippen LogP contribution is 2.47. The van der Waals surface area contributed by atoms with Crippen molar-refractivity contribution in [3.63, 3.8) is 0 Å². The number of aromatic hydroxyl groups is 1. The van der Waals surface area contributed by atoms with Gasteiger partial charge in [-0.2, -0.15) is 0 Å². The van der Waals surface area contributed by atoms with Gasteiger partial charge in [-0.1, -0.05) is 5.16 Å². The summed E-state index contributed by atoms with van der Waals surface area (Å²) in [5.41, 5.74) is 7.24. The number of thioether (sulfide) groups is 1. The largest absolute Gasteiger partial charge is 0.504 e. The first-order valence-corrected chi connectivity index (χ1v) is 19.7. The molecule has 3 atom stereocenters. The second-order valence-electron chi connectivity index (χ2n) is 13.4. The number of hydrogen-bond acceptors (Lipinski definition) is 14. The van der Waals surface area contributed by atoms with Crippen LogP contribution >= 0.6 is 23.1 Å². The van der Waals surface area contributed by atoms with Crippen molar-refractivity contribution in [1.82, 2.24) is 25.5 Å². The molecular weight excluding hydrogens is 765 g/mol. The predicted molar refractivity (Wildman–Crippen MR) is 206 cm³/mol. The number of aromatic nitrogens is 2. The fourth-order valence-corrected chi connectivity index (χ4v) is 9.19. The van der Waals surface area contributed by atoms with E-state index in [9.17, 15) is 34.2 Å². The number of nitrogens with two attached hydrogens (primary N) is 1. The van der Waals surface area contributed by atoms with Gasteiger partial charge in [-0.15, -0.1) is 23.1 Å². The van der Waals surface area contributed by atoms with Crippen molar-refractivity contribution >= 4 is 69.2 Å². The standard InChI is InChI=1S/C37H38N8O9S2/c1-53-26-14-19(6-7-25(26)46)41-27(47)15-22(18-8-11-39-12-9-18)28(21-10-13-40-32(21)48)23-16-55-35-30(34(50)45(35)31(23)36(51)52)43-33(49)29(24-17-56-37(38)42-24)44-54-20-4-2-3-5-20/h6-9,11-12,14,17,20,22,30,35,46H,2-5,10,13,15-16H2,1H3,(H2,38,42)(H,40,48)(H,41,47)(H,43,49)(H,51,52)/t22?,30-,35-/m1/s1. The van der Waals surface area contributed by atoms with E-state index in [2.05, 4.69) is 31.1 Å². The Hall–Kier alpha value is -5.95. The lowest BCUT2D eigenvalue weighted by Crippen LogP contribution is -2.71. The number of carbonyl (C=O) groups is 5. The van der Waals surface area contributed by atoms with Crippen LogP contribution in [0.2, 0.25) is 0 Å². The van der Waals surface area contributed by atoms with Gasteiger partial charge < -0.3 is 41.5 Å². The third kappa shape index (κ3) is 7.76. The summed E-state index contributed by atoms with van der Waals surface area (Å²) in [5.74, 6) is -4.52. The van der Waals surface area contributed by atoms with Crippen LogP contribution in [0, 0.1) is 0 Å². The molecule has 0 spiro atoms. The first-order valence-electron chi connectivity index (χ1n) is 17.8. The number of methoxy groups -OCH3 is 1. The summed E-state index contributed by atoms with van der Waals surface area (Å²) >= 11 is 2.33. The fraction of sp³-hybridized carbons (Fsp3) is 0.351. The molecule has 7 N–H and O–H groups in total. The minimum Gasteiger partial charge on any atom is -0.504 e. The molecule has 1 unspecified atom stereocenters. The molecule has 56 heavy (non-hydrogen) atoms. The lowest BCUT2D eigenvalue weighted by molar-refractivity contribution is -0.150. The molecule has 3 fully saturated rings. The Morgan fingerprint density at radius 2 is 1.93 bits per heavy atom. The average molecular weight is 803 g/mol. The van der Waals surface area contributed by atoms with Crippen molar-refractivity contribution < 1.29 is 43.8 Å². The number of allylic oxidation sites excluding steroid dienone is 1. The number of aliphatic carboxylic acids is 1. The van der Waals surface area contributed by atoms with Crippen molar-refractivity contribution in [2.45, 2.75) is 62.0 Å². The zero-order valence-corrected chi connectivity index (χ0v) is 31.7. The number of fused-ring (bicyclic) bond motifs is 1. The Morgan fingerprint density at radius 3 is 2.59 bits per heavy atom. The molecule has 17 nitrogen and oxygen atoms in total. The monoisotopic (exact) mass is 802 g/mol. The zero-order chi connectivity index (χ0) is 39.5. The van der Waals surface area contributed by atoms with Gasteiger partial charge in [0.05, 0.1) is 7.11 Å². The summed E-state index contributed by atoms with van der Waals surface area (Å²) in [7, 11) is 1.38. The first kappa shape index (κ1) is 38.3. The van der Waals surface area contributed by atoms with Crippen LogP contribution in [0.1, 0.15) is 55.7 Å². The number of carboxylic acids is 1. The number of thiazole rings is 1. The van der Waals surface area contributed by atoms with Gasteiger partial charge in [0, 0.05) is 59.7 Å². The van der Waals surface area contributed by atoms with Crippen LogP contribution in [-0.4, -0.2) is 97.3 Å². The Labute approximate surface area is 328 Å². The minimum absolute atomic E-state index is 0.0291. The molecular formula is C37H38N8O9S2. The molecule has 4 aliphatic rings. The topological polar surface area (TPSA) is 248 Å². The minimum atomic E-state index is -1.42. The number of phenols is 1. The first-order chi connectivity index (χ1) is 27.0. The molecule has 19 heteroatoms. The Morgan fingerprint density at radius 1 is 1.16 bits per heavy atom. The van der Waals surface area contributed by atoms with Crippen molar-refractivity contribution in [2.24, 2.45) is 5.16 Å². The van der Waals surface area contributed by atoms with Crippen LogP contribution in [-0.2, 0) is 28.8 Å². The van der Waals surface area contributed by atoms with Crippen molar-refractivity contribution in [1.29, 1.82) is 0 Å². The number of ether oxygens (including phenoxy) is 1. The quantitative estimate of drug-likeness (QED) is 0.0479. The summed E-state index contributed by atoms with van der Waals surface area (Å²) in [6.45, 7) is 0.293. The molecule has 5 heterocycles. The van der Waals surface area contributed by atoms with Gasteiger partial charge >= 0.3 is 5.97 Å². The third-order valence-electron chi connectivity index (χ3n) is 9.93. The molecule has 1 aliphatic carbocycles. The van der Waals surface area contributed by atoms with Crippen molar-refractivity contribution in [2.75, 3.05) is 30.5 Å². The van der Waals surface area contributed by atoms with Crippen molar-refractivity contribution in [3.8, 4) is 11.5 Å². The summed E-state index contributed by atoms with van der Waals surface area (Å²) in [5, 5.41) is 34.2. The summed E-state index contributed by atoms with van der Waals surface area (Å²) < 4.78 is 5.18. The van der Waals surface area contributed by atoms with E-state index in [1.807, 2.05) is 0 Å². The van der Waals surface area contributed by atoms with Crippen LogP contribution in [0.5, 0.6) is 11.5 Å². The predicted octanol–water partition coefficient (Wildman–Crippen LogP) is 2.87. The molecule has 3 aromatic rings. The number of nitrogen functional groups attached to an aromatic ring is 1. The maximum atomic E-state index is 13.9. The number of nitrogens with zero attached hydrogens (tertiary/aromatic N) is 4. The number of β-lactam (4-membered cyclic amide) rings is 1. The van der Waals surface area contributed by atoms with Crippen molar-refractivity contribution in [3.05, 3.63) is 81.8 Å². The van der Waals surface area contributed by atoms with E-state index in [1.165, 1.54) is 49.5 Å². The highest BCUT2D eigenvalue weighted by atomic mass is 32.2. The molecule has 3 aliphatic heterocycles. The van der Waals surface area contributed by atoms with Gasteiger partial charge in [0.2, 0.25) is 11.8 Å². The smallest absolute Gasteiger partial charge is 0.352 e. The fourth-order valence-electron chi connectivity index (χ4n) is 7.27. The molecule has 292 valence electrons.